The van der Waals surface area contributed by atoms with Crippen LogP contribution in [0, 0.1) is 17.8 Å². The summed E-state index contributed by atoms with van der Waals surface area (Å²) >= 11 is 1.81. The number of nitrogens with zero attached hydrogens (tertiary/aromatic N) is 17. The summed E-state index contributed by atoms with van der Waals surface area (Å²) in [5.41, 5.74) is 11.2. The van der Waals surface area contributed by atoms with Gasteiger partial charge in [-0.2, -0.15) is 0 Å². The zero-order valence-corrected chi connectivity index (χ0v) is 77.5. The minimum Gasteiger partial charge on any atom is -0.496 e. The highest BCUT2D eigenvalue weighted by Crippen LogP contribution is 2.48. The molecule has 24 nitrogen and oxygen atoms in total. The number of hydrogen-bond acceptors (Lipinski definition) is 25. The highest BCUT2D eigenvalue weighted by molar-refractivity contribution is 7.10. The molecule has 3 N–H and O–H groups in total. The fourth-order valence-corrected chi connectivity index (χ4v) is 19.9. The molecule has 8 aliphatic rings. The molecule has 0 amide bonds. The average Bonchev–Trinajstić information content (AvgIpc) is 1.74. The first-order valence-electron chi connectivity index (χ1n) is 47.0. The SMILES string of the molecule is CCCN(C)c1ccc2c(N3CCC(c4ccccc4OC)CC3)nc(C3CC3)nc2c1.COc1ccccc1C1CCN(c2nc(C#CC3CC3)nc3ccc(N(C)CCO)cc23)CC1.COc1ccccc1C1CCN(c2nc(C3CC3)nc3cnc(N(C)CCO)cc23)CC1.COc1ccsc1C1CCN(c2nc(C3CC3)nc3ccc(N(C)CCO)cc23)CC1. The van der Waals surface area contributed by atoms with Crippen molar-refractivity contribution in [1.82, 2.24) is 44.9 Å². The van der Waals surface area contributed by atoms with Gasteiger partial charge in [0, 0.05) is 180 Å². The van der Waals surface area contributed by atoms with Gasteiger partial charge in [-0.25, -0.2) is 44.9 Å². The number of piperidine rings is 4. The predicted octanol–water partition coefficient (Wildman–Crippen LogP) is 18.1. The van der Waals surface area contributed by atoms with Crippen LogP contribution in [0.2, 0.25) is 0 Å². The van der Waals surface area contributed by atoms with E-state index < -0.39 is 0 Å². The summed E-state index contributed by atoms with van der Waals surface area (Å²) in [6.45, 7) is 13.1. The first-order valence-corrected chi connectivity index (χ1v) is 47.9. The second-order valence-electron chi connectivity index (χ2n) is 36.1. The van der Waals surface area contributed by atoms with E-state index in [1.807, 2.05) is 61.8 Å². The fraction of sp³-hybridized carbons (Fsp3) is 0.471. The number of methoxy groups -OCH3 is 4. The Morgan fingerprint density at radius 1 is 0.364 bits per heavy atom. The molecule has 4 saturated heterocycles. The van der Waals surface area contributed by atoms with Gasteiger partial charge in [0.15, 0.2) is 0 Å². The number of rotatable bonds is 27. The molecule has 129 heavy (non-hydrogen) atoms. The maximum absolute atomic E-state index is 9.37. The largest absolute Gasteiger partial charge is 0.496 e. The number of fused-ring (bicyclic) bond motifs is 4. The van der Waals surface area contributed by atoms with E-state index in [4.69, 9.17) is 58.8 Å². The van der Waals surface area contributed by atoms with Crippen molar-refractivity contribution in [3.63, 3.8) is 0 Å². The molecular weight excluding hydrogens is 1630 g/mol. The number of ether oxygens (including phenoxy) is 4. The van der Waals surface area contributed by atoms with Crippen LogP contribution >= 0.6 is 11.3 Å². The van der Waals surface area contributed by atoms with Gasteiger partial charge in [0.1, 0.15) is 69.6 Å². The summed E-state index contributed by atoms with van der Waals surface area (Å²) in [7, 11) is 15.1. The smallest absolute Gasteiger partial charge is 0.207 e. The molecular formula is C104H127N17O7S. The standard InChI is InChI=1S/C28H32N4O2.C27H34N4O.C25H31N5O2.C24H30N4O2S/c1-31(17-18-33)22-10-11-25-24(19-22)28(30-27(29-25)12-9-20-7-8-20)32-15-13-21(14-16-32)23-5-3-4-6-26(23)34-2;1-4-15-30(2)21-11-12-23-24(18-21)28-26(20-9-10-20)29-27(23)31-16-13-19(14-17-31)22-7-5-6-8-25(22)32-3;1-29(13-14-31)23-15-20-21(16-26-23)27-24(18-7-8-18)28-25(20)30-11-9-17(10-12-30)19-5-3-4-6-22(19)32-2;1-27(12-13-29)18-5-6-20-19(15-18)24(26-23(25-20)17-3-4-17)28-10-7-16(8-11-28)22-21(30-2)9-14-31-22/h3-6,10-11,19-21,33H,7-8,13-18H2,1-2H3;5-8,11-12,18-20H,4,9-10,13-17H2,1-3H3;3-6,15-18,31H,7-14H2,1-2H3;5-6,9,14-17,29H,3-4,7-8,10-13H2,1-2H3. The van der Waals surface area contributed by atoms with Gasteiger partial charge in [-0.1, -0.05) is 67.4 Å². The van der Waals surface area contributed by atoms with Crippen LogP contribution in [0.25, 0.3) is 43.6 Å². The lowest BCUT2D eigenvalue weighted by atomic mass is 9.88. The minimum absolute atomic E-state index is 0.0939. The number of hydrogen-bond donors (Lipinski definition) is 3. The van der Waals surface area contributed by atoms with Crippen LogP contribution < -0.4 is 58.1 Å². The summed E-state index contributed by atoms with van der Waals surface area (Å²) in [5, 5.41) is 34.5. The average molecular weight is 1760 g/mol. The van der Waals surface area contributed by atoms with Gasteiger partial charge in [-0.3, -0.25) is 0 Å². The molecule has 6 aromatic heterocycles. The molecule has 25 heteroatoms. The summed E-state index contributed by atoms with van der Waals surface area (Å²) in [6.07, 6.45) is 21.2. The quantitative estimate of drug-likeness (QED) is 0.0405. The summed E-state index contributed by atoms with van der Waals surface area (Å²) in [5.74, 6) is 23.3. The molecule has 20 rings (SSSR count). The van der Waals surface area contributed by atoms with Gasteiger partial charge in [-0.15, -0.1) is 11.3 Å². The maximum atomic E-state index is 9.37. The van der Waals surface area contributed by atoms with Gasteiger partial charge in [0.05, 0.1) is 76.5 Å². The number of anilines is 8. The Morgan fingerprint density at radius 2 is 0.752 bits per heavy atom. The van der Waals surface area contributed by atoms with Crippen LogP contribution in [-0.2, 0) is 0 Å². The number of likely N-dealkylation sites (N-methyl/N-ethyl adjacent to an activating group) is 3. The van der Waals surface area contributed by atoms with E-state index in [0.717, 1.165) is 236 Å². The molecule has 0 spiro atoms. The van der Waals surface area contributed by atoms with E-state index in [0.29, 0.717) is 72.8 Å². The van der Waals surface area contributed by atoms with E-state index in [-0.39, 0.29) is 19.8 Å². The van der Waals surface area contributed by atoms with Crippen molar-refractivity contribution in [3.8, 4) is 34.8 Å². The fourth-order valence-electron chi connectivity index (χ4n) is 18.9. The van der Waals surface area contributed by atoms with E-state index in [2.05, 4.69) is 192 Å². The Kier molecular flexibility index (Phi) is 28.8. The number of aliphatic hydroxyl groups is 3. The van der Waals surface area contributed by atoms with Gasteiger partial charge in [0.2, 0.25) is 5.82 Å². The van der Waals surface area contributed by atoms with E-state index in [1.54, 1.807) is 28.4 Å². The molecule has 0 bridgehead atoms. The highest BCUT2D eigenvalue weighted by Gasteiger charge is 2.36. The normalized spacial score (nSPS) is 16.9. The molecule has 4 aliphatic heterocycles. The second-order valence-corrected chi connectivity index (χ2v) is 37.0. The highest BCUT2D eigenvalue weighted by atomic mass is 32.1. The lowest BCUT2D eigenvalue weighted by Gasteiger charge is -2.34. The molecule has 10 heterocycles. The van der Waals surface area contributed by atoms with Crippen LogP contribution in [0.1, 0.15) is 202 Å². The van der Waals surface area contributed by atoms with E-state index in [1.165, 1.54) is 84.0 Å². The Bertz CT molecular complexity index is 5880. The molecule has 0 unspecified atom stereocenters. The first-order chi connectivity index (χ1) is 63.2. The Morgan fingerprint density at radius 3 is 1.19 bits per heavy atom. The summed E-state index contributed by atoms with van der Waals surface area (Å²) in [6, 6.07) is 48.7. The molecule has 12 aromatic rings. The lowest BCUT2D eigenvalue weighted by Crippen LogP contribution is -2.34. The zero-order valence-electron chi connectivity index (χ0n) is 76.7. The van der Waals surface area contributed by atoms with E-state index >= 15 is 0 Å². The number of aliphatic hydroxyl groups excluding tert-OH is 3. The molecule has 6 aromatic carbocycles. The predicted molar refractivity (Wildman–Crippen MR) is 523 cm³/mol. The molecule has 0 atom stereocenters. The maximum Gasteiger partial charge on any atom is 0.207 e. The number of para-hydroxylation sites is 3. The van der Waals surface area contributed by atoms with Gasteiger partial charge >= 0.3 is 0 Å². The second kappa shape index (κ2) is 41.6. The topological polar surface area (TPSA) is 240 Å². The Labute approximate surface area is 764 Å². The van der Waals surface area contributed by atoms with Crippen LogP contribution in [-0.4, -0.2) is 215 Å². The van der Waals surface area contributed by atoms with Gasteiger partial charge < -0.3 is 73.5 Å². The van der Waals surface area contributed by atoms with Gasteiger partial charge in [0.25, 0.3) is 0 Å². The van der Waals surface area contributed by atoms with Crippen LogP contribution in [0.4, 0.5) is 46.2 Å². The molecule has 4 aliphatic carbocycles. The van der Waals surface area contributed by atoms with Crippen LogP contribution in [0.3, 0.4) is 0 Å². The van der Waals surface area contributed by atoms with Gasteiger partial charge in [-0.05, 0) is 240 Å². The summed E-state index contributed by atoms with van der Waals surface area (Å²) in [4.78, 5) is 63.8. The third kappa shape index (κ3) is 21.2. The molecule has 4 saturated carbocycles. The zero-order chi connectivity index (χ0) is 89.0. The van der Waals surface area contributed by atoms with Crippen molar-refractivity contribution in [2.45, 2.75) is 158 Å². The number of pyridine rings is 1. The van der Waals surface area contributed by atoms with Crippen molar-refractivity contribution in [2.75, 3.05) is 194 Å². The third-order valence-electron chi connectivity index (χ3n) is 27.1. The number of thiophene rings is 1. The lowest BCUT2D eigenvalue weighted by molar-refractivity contribution is 0.303. The van der Waals surface area contributed by atoms with Crippen molar-refractivity contribution in [1.29, 1.82) is 0 Å². The van der Waals surface area contributed by atoms with Crippen LogP contribution in [0.5, 0.6) is 23.0 Å². The summed E-state index contributed by atoms with van der Waals surface area (Å²) < 4.78 is 22.4. The number of benzene rings is 6. The van der Waals surface area contributed by atoms with Crippen molar-refractivity contribution >= 4 is 101 Å². The van der Waals surface area contributed by atoms with Crippen molar-refractivity contribution < 1.29 is 34.3 Å². The van der Waals surface area contributed by atoms with Crippen molar-refractivity contribution in [2.24, 2.45) is 5.92 Å². The minimum atomic E-state index is 0.0939. The third-order valence-corrected chi connectivity index (χ3v) is 28.2. The Balaban J connectivity index is 0.000000121. The van der Waals surface area contributed by atoms with Crippen LogP contribution in [0.15, 0.2) is 151 Å². The van der Waals surface area contributed by atoms with E-state index in [9.17, 15) is 15.3 Å². The first kappa shape index (κ1) is 89.5. The molecule has 8 fully saturated rings. The van der Waals surface area contributed by atoms with Crippen molar-refractivity contribution in [3.05, 3.63) is 196 Å². The Hall–Kier alpha value is -11.4. The number of aromatic nitrogens is 9. The molecule has 0 radical (unpaired) electrons. The monoisotopic (exact) mass is 1760 g/mol. The molecule has 676 valence electrons.